The molecule has 0 saturated carbocycles. The van der Waals surface area contributed by atoms with E-state index >= 15 is 0 Å². The standard InChI is InChI=1S/C17H14ClFN2/c18-16-9-15(19)7-6-13(16)10-20-11-14-4-1-3-12-5-2-8-21-17(12)14/h1-9,20H,10-11H2. The Morgan fingerprint density at radius 2 is 1.81 bits per heavy atom. The Hall–Kier alpha value is -1.97. The van der Waals surface area contributed by atoms with Gasteiger partial charge in [0.05, 0.1) is 5.52 Å². The summed E-state index contributed by atoms with van der Waals surface area (Å²) in [5, 5.41) is 4.89. The third-order valence-electron chi connectivity index (χ3n) is 3.36. The largest absolute Gasteiger partial charge is 0.308 e. The molecule has 1 heterocycles. The van der Waals surface area contributed by atoms with Gasteiger partial charge in [-0.3, -0.25) is 4.98 Å². The number of pyridine rings is 1. The van der Waals surface area contributed by atoms with Crippen LogP contribution in [-0.4, -0.2) is 4.98 Å². The van der Waals surface area contributed by atoms with E-state index in [2.05, 4.69) is 16.4 Å². The molecule has 1 N–H and O–H groups in total. The fourth-order valence-corrected chi connectivity index (χ4v) is 2.54. The Morgan fingerprint density at radius 3 is 2.67 bits per heavy atom. The van der Waals surface area contributed by atoms with E-state index in [9.17, 15) is 4.39 Å². The molecule has 4 heteroatoms. The fourth-order valence-electron chi connectivity index (χ4n) is 2.31. The molecule has 0 radical (unpaired) electrons. The lowest BCUT2D eigenvalue weighted by Gasteiger charge is -2.09. The molecule has 0 aliphatic heterocycles. The highest BCUT2D eigenvalue weighted by Gasteiger charge is 2.04. The molecule has 0 aliphatic carbocycles. The van der Waals surface area contributed by atoms with E-state index in [0.717, 1.165) is 22.0 Å². The predicted octanol–water partition coefficient (Wildman–Crippen LogP) is 4.32. The highest BCUT2D eigenvalue weighted by molar-refractivity contribution is 6.31. The highest BCUT2D eigenvalue weighted by Crippen LogP contribution is 2.18. The van der Waals surface area contributed by atoms with Gasteiger partial charge < -0.3 is 5.32 Å². The molecule has 0 spiro atoms. The zero-order chi connectivity index (χ0) is 14.7. The van der Waals surface area contributed by atoms with E-state index < -0.39 is 0 Å². The summed E-state index contributed by atoms with van der Waals surface area (Å²) in [6.45, 7) is 1.27. The van der Waals surface area contributed by atoms with Crippen molar-refractivity contribution >= 4 is 22.5 Å². The SMILES string of the molecule is Fc1ccc(CNCc2cccc3cccnc23)c(Cl)c1. The van der Waals surface area contributed by atoms with Crippen molar-refractivity contribution in [3.63, 3.8) is 0 Å². The second-order valence-electron chi connectivity index (χ2n) is 4.83. The van der Waals surface area contributed by atoms with Gasteiger partial charge in [0, 0.05) is 29.7 Å². The first-order chi connectivity index (χ1) is 10.2. The van der Waals surface area contributed by atoms with E-state index in [1.54, 1.807) is 12.3 Å². The number of halogens is 2. The number of nitrogens with one attached hydrogen (secondary N) is 1. The second-order valence-corrected chi connectivity index (χ2v) is 5.24. The van der Waals surface area contributed by atoms with Crippen LogP contribution < -0.4 is 5.32 Å². The molecule has 2 aromatic carbocycles. The molecule has 0 amide bonds. The summed E-state index contributed by atoms with van der Waals surface area (Å²) in [5.41, 5.74) is 3.01. The molecule has 0 aliphatic rings. The molecule has 0 fully saturated rings. The number of hydrogen-bond donors (Lipinski definition) is 1. The van der Waals surface area contributed by atoms with Crippen LogP contribution in [0, 0.1) is 5.82 Å². The topological polar surface area (TPSA) is 24.9 Å². The maximum atomic E-state index is 13.0. The van der Waals surface area contributed by atoms with Gasteiger partial charge in [-0.1, -0.05) is 41.9 Å². The van der Waals surface area contributed by atoms with Crippen LogP contribution in [0.1, 0.15) is 11.1 Å². The fraction of sp³-hybridized carbons (Fsp3) is 0.118. The van der Waals surface area contributed by atoms with Gasteiger partial charge in [0.25, 0.3) is 0 Å². The lowest BCUT2D eigenvalue weighted by molar-refractivity contribution is 0.625. The van der Waals surface area contributed by atoms with Crippen molar-refractivity contribution in [2.75, 3.05) is 0 Å². The predicted molar refractivity (Wildman–Crippen MR) is 83.7 cm³/mol. The Bertz CT molecular complexity index is 768. The van der Waals surface area contributed by atoms with Crippen LogP contribution in [0.5, 0.6) is 0 Å². The van der Waals surface area contributed by atoms with Crippen molar-refractivity contribution in [3.8, 4) is 0 Å². The number of fused-ring (bicyclic) bond motifs is 1. The van der Waals surface area contributed by atoms with Gasteiger partial charge >= 0.3 is 0 Å². The molecule has 0 unspecified atom stereocenters. The summed E-state index contributed by atoms with van der Waals surface area (Å²) >= 11 is 6.01. The van der Waals surface area contributed by atoms with Gasteiger partial charge in [0.15, 0.2) is 0 Å². The Balaban J connectivity index is 1.72. The van der Waals surface area contributed by atoms with Gasteiger partial charge in [-0.05, 0) is 29.3 Å². The third-order valence-corrected chi connectivity index (χ3v) is 3.71. The van der Waals surface area contributed by atoms with Crippen LogP contribution in [0.4, 0.5) is 4.39 Å². The number of hydrogen-bond acceptors (Lipinski definition) is 2. The Kier molecular flexibility index (Phi) is 4.13. The van der Waals surface area contributed by atoms with Crippen LogP contribution in [0.25, 0.3) is 10.9 Å². The molecule has 2 nitrogen and oxygen atoms in total. The number of benzene rings is 2. The van der Waals surface area contributed by atoms with Crippen LogP contribution in [0.15, 0.2) is 54.7 Å². The first-order valence-corrected chi connectivity index (χ1v) is 7.09. The summed E-state index contributed by atoms with van der Waals surface area (Å²) in [5.74, 6) is -0.318. The lowest BCUT2D eigenvalue weighted by atomic mass is 10.1. The van der Waals surface area contributed by atoms with Crippen LogP contribution >= 0.6 is 11.6 Å². The van der Waals surface area contributed by atoms with E-state index in [-0.39, 0.29) is 5.82 Å². The molecular weight excluding hydrogens is 287 g/mol. The van der Waals surface area contributed by atoms with Crippen molar-refractivity contribution < 1.29 is 4.39 Å². The monoisotopic (exact) mass is 300 g/mol. The van der Waals surface area contributed by atoms with E-state index in [4.69, 9.17) is 11.6 Å². The summed E-state index contributed by atoms with van der Waals surface area (Å²) < 4.78 is 13.0. The smallest absolute Gasteiger partial charge is 0.124 e. The van der Waals surface area contributed by atoms with Gasteiger partial charge in [0.1, 0.15) is 5.82 Å². The Morgan fingerprint density at radius 1 is 1.00 bits per heavy atom. The number of aromatic nitrogens is 1. The Labute approximate surface area is 127 Å². The molecule has 106 valence electrons. The number of nitrogens with zero attached hydrogens (tertiary/aromatic N) is 1. The van der Waals surface area contributed by atoms with Crippen LogP contribution in [0.2, 0.25) is 5.02 Å². The zero-order valence-corrected chi connectivity index (χ0v) is 12.1. The zero-order valence-electron chi connectivity index (χ0n) is 11.3. The van der Waals surface area contributed by atoms with Crippen LogP contribution in [-0.2, 0) is 13.1 Å². The van der Waals surface area contributed by atoms with E-state index in [0.29, 0.717) is 18.1 Å². The summed E-state index contributed by atoms with van der Waals surface area (Å²) in [7, 11) is 0. The van der Waals surface area contributed by atoms with Crippen molar-refractivity contribution in [3.05, 3.63) is 76.7 Å². The molecule has 0 saturated heterocycles. The van der Waals surface area contributed by atoms with E-state index in [1.807, 2.05) is 24.3 Å². The first-order valence-electron chi connectivity index (χ1n) is 6.71. The molecule has 1 aromatic heterocycles. The van der Waals surface area contributed by atoms with Crippen molar-refractivity contribution in [2.24, 2.45) is 0 Å². The first kappa shape index (κ1) is 14.0. The highest BCUT2D eigenvalue weighted by atomic mass is 35.5. The third kappa shape index (κ3) is 3.20. The minimum absolute atomic E-state index is 0.318. The maximum Gasteiger partial charge on any atom is 0.124 e. The summed E-state index contributed by atoms with van der Waals surface area (Å²) in [6.07, 6.45) is 1.79. The van der Waals surface area contributed by atoms with Crippen LogP contribution in [0.3, 0.4) is 0 Å². The minimum Gasteiger partial charge on any atom is -0.308 e. The molecule has 3 rings (SSSR count). The molecule has 0 atom stereocenters. The molecule has 0 bridgehead atoms. The normalized spacial score (nSPS) is 11.0. The molecular formula is C17H14ClFN2. The lowest BCUT2D eigenvalue weighted by Crippen LogP contribution is -2.13. The van der Waals surface area contributed by atoms with Gasteiger partial charge in [-0.15, -0.1) is 0 Å². The van der Waals surface area contributed by atoms with Crippen molar-refractivity contribution in [2.45, 2.75) is 13.1 Å². The van der Waals surface area contributed by atoms with Crippen molar-refractivity contribution in [1.82, 2.24) is 10.3 Å². The average molecular weight is 301 g/mol. The maximum absolute atomic E-state index is 13.0. The quantitative estimate of drug-likeness (QED) is 0.776. The van der Waals surface area contributed by atoms with Gasteiger partial charge in [0.2, 0.25) is 0 Å². The van der Waals surface area contributed by atoms with Gasteiger partial charge in [-0.2, -0.15) is 0 Å². The average Bonchev–Trinajstić information content (AvgIpc) is 2.50. The molecule has 3 aromatic rings. The number of para-hydroxylation sites is 1. The summed E-state index contributed by atoms with van der Waals surface area (Å²) in [6, 6.07) is 14.5. The molecule has 21 heavy (non-hydrogen) atoms. The minimum atomic E-state index is -0.318. The summed E-state index contributed by atoms with van der Waals surface area (Å²) in [4.78, 5) is 4.42. The van der Waals surface area contributed by atoms with Crippen molar-refractivity contribution in [1.29, 1.82) is 0 Å². The van der Waals surface area contributed by atoms with E-state index in [1.165, 1.54) is 12.1 Å². The second kappa shape index (κ2) is 6.20. The number of rotatable bonds is 4. The van der Waals surface area contributed by atoms with Gasteiger partial charge in [-0.25, -0.2) is 4.39 Å².